The van der Waals surface area contributed by atoms with Crippen LogP contribution in [0.1, 0.15) is 5.56 Å². The maximum atomic E-state index is 13.1. The monoisotopic (exact) mass is 218 g/mol. The number of halogens is 1. The van der Waals surface area contributed by atoms with Crippen LogP contribution in [-0.2, 0) is 0 Å². The summed E-state index contributed by atoms with van der Waals surface area (Å²) < 4.78 is 13.1. The number of benzene rings is 2. The first-order chi connectivity index (χ1) is 7.16. The fraction of sp³-hybridized carbons (Fsp3) is 0.0769. The summed E-state index contributed by atoms with van der Waals surface area (Å²) in [6, 6.07) is 12.9. The molecule has 0 nitrogen and oxygen atoms in total. The Balaban J connectivity index is 2.50. The lowest BCUT2D eigenvalue weighted by atomic mass is 10.0. The van der Waals surface area contributed by atoms with Crippen molar-refractivity contribution in [3.63, 3.8) is 0 Å². The third kappa shape index (κ3) is 2.21. The second-order valence-electron chi connectivity index (χ2n) is 3.51. The van der Waals surface area contributed by atoms with Crippen molar-refractivity contribution in [1.82, 2.24) is 0 Å². The van der Waals surface area contributed by atoms with Gasteiger partial charge in [0.15, 0.2) is 0 Å². The van der Waals surface area contributed by atoms with Crippen LogP contribution in [0.15, 0.2) is 47.4 Å². The molecule has 0 amide bonds. The molecule has 0 aliphatic heterocycles. The predicted octanol–water partition coefficient (Wildman–Crippen LogP) is 4.09. The molecule has 0 aliphatic rings. The highest BCUT2D eigenvalue weighted by Crippen LogP contribution is 2.23. The van der Waals surface area contributed by atoms with Gasteiger partial charge in [-0.05, 0) is 47.9 Å². The van der Waals surface area contributed by atoms with E-state index in [1.165, 1.54) is 6.07 Å². The summed E-state index contributed by atoms with van der Waals surface area (Å²) in [5.41, 5.74) is 2.74. The van der Waals surface area contributed by atoms with Crippen molar-refractivity contribution >= 4 is 12.6 Å². The highest BCUT2D eigenvalue weighted by Gasteiger charge is 2.01. The Kier molecular flexibility index (Phi) is 2.78. The van der Waals surface area contributed by atoms with Crippen molar-refractivity contribution in [2.24, 2.45) is 0 Å². The van der Waals surface area contributed by atoms with Crippen LogP contribution in [0.25, 0.3) is 11.1 Å². The van der Waals surface area contributed by atoms with E-state index in [-0.39, 0.29) is 5.82 Å². The van der Waals surface area contributed by atoms with Crippen molar-refractivity contribution in [2.75, 3.05) is 0 Å². The fourth-order valence-corrected chi connectivity index (χ4v) is 1.73. The lowest BCUT2D eigenvalue weighted by Crippen LogP contribution is -1.84. The average molecular weight is 218 g/mol. The van der Waals surface area contributed by atoms with E-state index in [4.69, 9.17) is 0 Å². The maximum absolute atomic E-state index is 13.1. The molecule has 2 aromatic carbocycles. The van der Waals surface area contributed by atoms with E-state index in [0.29, 0.717) is 5.56 Å². The van der Waals surface area contributed by atoms with E-state index in [0.717, 1.165) is 16.0 Å². The van der Waals surface area contributed by atoms with Crippen molar-refractivity contribution in [1.29, 1.82) is 0 Å². The smallest absolute Gasteiger partial charge is 0.126 e. The van der Waals surface area contributed by atoms with Gasteiger partial charge >= 0.3 is 0 Å². The summed E-state index contributed by atoms with van der Waals surface area (Å²) in [5, 5.41) is 0. The van der Waals surface area contributed by atoms with Crippen LogP contribution in [0, 0.1) is 12.7 Å². The van der Waals surface area contributed by atoms with Gasteiger partial charge in [-0.2, -0.15) is 0 Å². The lowest BCUT2D eigenvalue weighted by molar-refractivity contribution is 0.619. The van der Waals surface area contributed by atoms with E-state index in [1.807, 2.05) is 30.3 Å². The van der Waals surface area contributed by atoms with Crippen molar-refractivity contribution in [2.45, 2.75) is 11.8 Å². The van der Waals surface area contributed by atoms with Crippen molar-refractivity contribution in [3.05, 3.63) is 53.8 Å². The van der Waals surface area contributed by atoms with Gasteiger partial charge in [-0.25, -0.2) is 4.39 Å². The molecule has 0 bridgehead atoms. The van der Waals surface area contributed by atoms with Crippen LogP contribution in [-0.4, -0.2) is 0 Å². The number of aryl methyl sites for hydroxylation is 1. The van der Waals surface area contributed by atoms with E-state index >= 15 is 0 Å². The predicted molar refractivity (Wildman–Crippen MR) is 63.8 cm³/mol. The van der Waals surface area contributed by atoms with Crippen LogP contribution in [0.2, 0.25) is 0 Å². The van der Waals surface area contributed by atoms with Gasteiger partial charge in [0, 0.05) is 4.90 Å². The molecule has 2 rings (SSSR count). The van der Waals surface area contributed by atoms with E-state index < -0.39 is 0 Å². The standard InChI is InChI=1S/C13H11FS/c1-9-7-11(5-6-13(9)14)10-3-2-4-12(15)8-10/h2-8,15H,1H3. The summed E-state index contributed by atoms with van der Waals surface area (Å²) in [5.74, 6) is -0.166. The lowest BCUT2D eigenvalue weighted by Gasteiger charge is -2.04. The average Bonchev–Trinajstić information content (AvgIpc) is 2.22. The van der Waals surface area contributed by atoms with E-state index in [1.54, 1.807) is 13.0 Å². The molecule has 0 atom stereocenters. The molecule has 0 radical (unpaired) electrons. The molecule has 0 spiro atoms. The molecule has 76 valence electrons. The third-order valence-electron chi connectivity index (χ3n) is 2.34. The topological polar surface area (TPSA) is 0 Å². The SMILES string of the molecule is Cc1cc(-c2cccc(S)c2)ccc1F. The first-order valence-corrected chi connectivity index (χ1v) is 5.17. The molecule has 0 fully saturated rings. The molecular weight excluding hydrogens is 207 g/mol. The maximum Gasteiger partial charge on any atom is 0.126 e. The summed E-state index contributed by atoms with van der Waals surface area (Å²) in [7, 11) is 0. The normalized spacial score (nSPS) is 10.3. The van der Waals surface area contributed by atoms with Gasteiger partial charge in [0.05, 0.1) is 0 Å². The minimum atomic E-state index is -0.166. The molecule has 2 heteroatoms. The zero-order valence-corrected chi connectivity index (χ0v) is 9.26. The molecule has 0 saturated carbocycles. The molecule has 0 heterocycles. The van der Waals surface area contributed by atoms with Gasteiger partial charge in [0.1, 0.15) is 5.82 Å². The minimum absolute atomic E-state index is 0.166. The molecule has 0 aliphatic carbocycles. The van der Waals surface area contributed by atoms with Crippen molar-refractivity contribution < 1.29 is 4.39 Å². The van der Waals surface area contributed by atoms with Gasteiger partial charge in [-0.15, -0.1) is 12.6 Å². The highest BCUT2D eigenvalue weighted by molar-refractivity contribution is 7.80. The fourth-order valence-electron chi connectivity index (χ4n) is 1.51. The molecular formula is C13H11FS. The Bertz CT molecular complexity index is 492. The zero-order chi connectivity index (χ0) is 10.8. The molecule has 0 N–H and O–H groups in total. The van der Waals surface area contributed by atoms with Gasteiger partial charge in [0.25, 0.3) is 0 Å². The third-order valence-corrected chi connectivity index (χ3v) is 2.62. The van der Waals surface area contributed by atoms with Crippen LogP contribution < -0.4 is 0 Å². The quantitative estimate of drug-likeness (QED) is 0.685. The Morgan fingerprint density at radius 2 is 1.73 bits per heavy atom. The van der Waals surface area contributed by atoms with Gasteiger partial charge < -0.3 is 0 Å². The summed E-state index contributed by atoms with van der Waals surface area (Å²) >= 11 is 4.28. The molecule has 0 unspecified atom stereocenters. The number of hydrogen-bond acceptors (Lipinski definition) is 1. The van der Waals surface area contributed by atoms with Crippen molar-refractivity contribution in [3.8, 4) is 11.1 Å². The largest absolute Gasteiger partial charge is 0.207 e. The van der Waals surface area contributed by atoms with Gasteiger partial charge in [-0.1, -0.05) is 18.2 Å². The minimum Gasteiger partial charge on any atom is -0.207 e. The highest BCUT2D eigenvalue weighted by atomic mass is 32.1. The first-order valence-electron chi connectivity index (χ1n) is 4.72. The van der Waals surface area contributed by atoms with Crippen LogP contribution in [0.3, 0.4) is 0 Å². The Hall–Kier alpha value is -1.28. The molecule has 0 saturated heterocycles. The van der Waals surface area contributed by atoms with Gasteiger partial charge in [-0.3, -0.25) is 0 Å². The van der Waals surface area contributed by atoms with Crippen LogP contribution in [0.5, 0.6) is 0 Å². The molecule has 15 heavy (non-hydrogen) atoms. The Morgan fingerprint density at radius 3 is 2.40 bits per heavy atom. The first kappa shape index (κ1) is 10.2. The van der Waals surface area contributed by atoms with Gasteiger partial charge in [0.2, 0.25) is 0 Å². The van der Waals surface area contributed by atoms with E-state index in [2.05, 4.69) is 12.6 Å². The number of thiol groups is 1. The van der Waals surface area contributed by atoms with Crippen LogP contribution >= 0.6 is 12.6 Å². The van der Waals surface area contributed by atoms with Crippen LogP contribution in [0.4, 0.5) is 4.39 Å². The molecule has 2 aromatic rings. The number of rotatable bonds is 1. The Morgan fingerprint density at radius 1 is 1.00 bits per heavy atom. The number of hydrogen-bond donors (Lipinski definition) is 1. The summed E-state index contributed by atoms with van der Waals surface area (Å²) in [6.07, 6.45) is 0. The van der Waals surface area contributed by atoms with E-state index in [9.17, 15) is 4.39 Å². The summed E-state index contributed by atoms with van der Waals surface area (Å²) in [4.78, 5) is 0.912. The summed E-state index contributed by atoms with van der Waals surface area (Å²) in [6.45, 7) is 1.77. The zero-order valence-electron chi connectivity index (χ0n) is 8.37. The molecule has 0 aromatic heterocycles. The Labute approximate surface area is 94.2 Å². The second-order valence-corrected chi connectivity index (χ2v) is 4.03. The second kappa shape index (κ2) is 4.07.